The lowest BCUT2D eigenvalue weighted by Crippen LogP contribution is -2.08. The molecule has 2 rings (SSSR count). The minimum absolute atomic E-state index is 0.132. The van der Waals surface area contributed by atoms with Gasteiger partial charge in [-0.3, -0.25) is 0 Å². The van der Waals surface area contributed by atoms with Crippen molar-refractivity contribution >= 4 is 0 Å². The minimum Gasteiger partial charge on any atom is -0.491 e. The molecule has 0 saturated heterocycles. The molecule has 0 aliphatic heterocycles. The lowest BCUT2D eigenvalue weighted by atomic mass is 10.1. The number of benzene rings is 1. The smallest absolute Gasteiger partial charge is 0.120 e. The van der Waals surface area contributed by atoms with Crippen LogP contribution < -0.4 is 4.74 Å². The highest BCUT2D eigenvalue weighted by atomic mass is 16.5. The molecule has 1 aromatic heterocycles. The van der Waals surface area contributed by atoms with Gasteiger partial charge in [0.15, 0.2) is 0 Å². The van der Waals surface area contributed by atoms with Crippen LogP contribution in [-0.2, 0) is 7.05 Å². The molecule has 3 heteroatoms. The van der Waals surface area contributed by atoms with Crippen molar-refractivity contribution in [1.82, 2.24) is 4.57 Å². The van der Waals surface area contributed by atoms with Gasteiger partial charge in [-0.1, -0.05) is 12.1 Å². The first-order valence-corrected chi connectivity index (χ1v) is 6.14. The maximum Gasteiger partial charge on any atom is 0.120 e. The summed E-state index contributed by atoms with van der Waals surface area (Å²) in [6.45, 7) is 3.97. The van der Waals surface area contributed by atoms with E-state index in [2.05, 4.69) is 0 Å². The molecule has 2 aromatic rings. The standard InChI is InChI=1S/C15H19NO2/c1-11(2)18-13-7-4-6-12(10-13)15(17)14-8-5-9-16(14)3/h4-11,15,17H,1-3H3. The molecule has 1 N–H and O–H groups in total. The van der Waals surface area contributed by atoms with Crippen molar-refractivity contribution in [3.05, 3.63) is 53.9 Å². The second kappa shape index (κ2) is 5.27. The van der Waals surface area contributed by atoms with Crippen molar-refractivity contribution < 1.29 is 9.84 Å². The van der Waals surface area contributed by atoms with E-state index in [0.717, 1.165) is 17.0 Å². The number of hydrogen-bond donors (Lipinski definition) is 1. The summed E-state index contributed by atoms with van der Waals surface area (Å²) in [5, 5.41) is 10.3. The van der Waals surface area contributed by atoms with Crippen LogP contribution >= 0.6 is 0 Å². The van der Waals surface area contributed by atoms with Gasteiger partial charge in [-0.25, -0.2) is 0 Å². The van der Waals surface area contributed by atoms with E-state index in [1.54, 1.807) is 0 Å². The fraction of sp³-hybridized carbons (Fsp3) is 0.333. The number of nitrogens with zero attached hydrogens (tertiary/aromatic N) is 1. The number of hydrogen-bond acceptors (Lipinski definition) is 2. The van der Waals surface area contributed by atoms with Crippen LogP contribution in [0.4, 0.5) is 0 Å². The Hall–Kier alpha value is -1.74. The van der Waals surface area contributed by atoms with E-state index >= 15 is 0 Å². The Balaban J connectivity index is 2.25. The largest absolute Gasteiger partial charge is 0.491 e. The SMILES string of the molecule is CC(C)Oc1cccc(C(O)c2cccn2C)c1. The molecule has 0 aliphatic rings. The molecule has 1 atom stereocenters. The highest BCUT2D eigenvalue weighted by Gasteiger charge is 2.13. The Labute approximate surface area is 108 Å². The molecule has 0 aliphatic carbocycles. The Morgan fingerprint density at radius 3 is 2.56 bits per heavy atom. The molecule has 0 bridgehead atoms. The van der Waals surface area contributed by atoms with Gasteiger partial charge in [0.2, 0.25) is 0 Å². The summed E-state index contributed by atoms with van der Waals surface area (Å²) in [6.07, 6.45) is 1.43. The van der Waals surface area contributed by atoms with Crippen molar-refractivity contribution in [3.63, 3.8) is 0 Å². The Kier molecular flexibility index (Phi) is 3.72. The molecule has 96 valence electrons. The third-order valence-corrected chi connectivity index (χ3v) is 2.81. The van der Waals surface area contributed by atoms with Crippen molar-refractivity contribution in [1.29, 1.82) is 0 Å². The van der Waals surface area contributed by atoms with Gasteiger partial charge in [0.1, 0.15) is 11.9 Å². The van der Waals surface area contributed by atoms with E-state index in [4.69, 9.17) is 4.74 Å². The fourth-order valence-electron chi connectivity index (χ4n) is 1.96. The van der Waals surface area contributed by atoms with Gasteiger partial charge in [-0.05, 0) is 43.7 Å². The van der Waals surface area contributed by atoms with E-state index in [1.807, 2.05) is 68.1 Å². The maximum absolute atomic E-state index is 10.3. The topological polar surface area (TPSA) is 34.4 Å². The van der Waals surface area contributed by atoms with Crippen LogP contribution in [0.3, 0.4) is 0 Å². The quantitative estimate of drug-likeness (QED) is 0.898. The van der Waals surface area contributed by atoms with Crippen LogP contribution in [0.25, 0.3) is 0 Å². The summed E-state index contributed by atoms with van der Waals surface area (Å²) in [5.41, 5.74) is 1.71. The molecule has 0 spiro atoms. The van der Waals surface area contributed by atoms with Gasteiger partial charge < -0.3 is 14.4 Å². The molecule has 1 heterocycles. The van der Waals surface area contributed by atoms with Gasteiger partial charge in [0.05, 0.1) is 11.8 Å². The van der Waals surface area contributed by atoms with Gasteiger partial charge >= 0.3 is 0 Å². The zero-order valence-electron chi connectivity index (χ0n) is 11.0. The van der Waals surface area contributed by atoms with Crippen LogP contribution in [0.15, 0.2) is 42.6 Å². The van der Waals surface area contributed by atoms with E-state index in [1.165, 1.54) is 0 Å². The summed E-state index contributed by atoms with van der Waals surface area (Å²) in [7, 11) is 1.92. The molecule has 0 radical (unpaired) electrons. The van der Waals surface area contributed by atoms with Gasteiger partial charge in [0, 0.05) is 13.2 Å². The molecule has 1 unspecified atom stereocenters. The molecular formula is C15H19NO2. The number of rotatable bonds is 4. The summed E-state index contributed by atoms with van der Waals surface area (Å²) in [6, 6.07) is 11.4. The Morgan fingerprint density at radius 2 is 1.94 bits per heavy atom. The van der Waals surface area contributed by atoms with Gasteiger partial charge in [-0.2, -0.15) is 0 Å². The normalized spacial score (nSPS) is 12.7. The van der Waals surface area contributed by atoms with Crippen LogP contribution in [-0.4, -0.2) is 15.8 Å². The Morgan fingerprint density at radius 1 is 1.17 bits per heavy atom. The fourth-order valence-corrected chi connectivity index (χ4v) is 1.96. The van der Waals surface area contributed by atoms with Crippen LogP contribution in [0, 0.1) is 0 Å². The van der Waals surface area contributed by atoms with Crippen molar-refractivity contribution in [2.45, 2.75) is 26.1 Å². The van der Waals surface area contributed by atoms with Crippen LogP contribution in [0.2, 0.25) is 0 Å². The molecule has 18 heavy (non-hydrogen) atoms. The monoisotopic (exact) mass is 245 g/mol. The lowest BCUT2D eigenvalue weighted by molar-refractivity contribution is 0.208. The van der Waals surface area contributed by atoms with Crippen molar-refractivity contribution in [3.8, 4) is 5.75 Å². The molecular weight excluding hydrogens is 226 g/mol. The number of ether oxygens (including phenoxy) is 1. The first kappa shape index (κ1) is 12.7. The highest BCUT2D eigenvalue weighted by molar-refractivity contribution is 5.33. The number of aromatic nitrogens is 1. The molecule has 1 aromatic carbocycles. The van der Waals surface area contributed by atoms with E-state index in [-0.39, 0.29) is 6.10 Å². The first-order valence-electron chi connectivity index (χ1n) is 6.14. The van der Waals surface area contributed by atoms with Gasteiger partial charge in [0.25, 0.3) is 0 Å². The van der Waals surface area contributed by atoms with E-state index in [0.29, 0.717) is 0 Å². The van der Waals surface area contributed by atoms with Crippen LogP contribution in [0.1, 0.15) is 31.2 Å². The summed E-state index contributed by atoms with van der Waals surface area (Å²) in [5.74, 6) is 0.788. The minimum atomic E-state index is -0.624. The van der Waals surface area contributed by atoms with Crippen LogP contribution in [0.5, 0.6) is 5.75 Å². The average molecular weight is 245 g/mol. The Bertz CT molecular complexity index is 517. The number of aliphatic hydroxyl groups is 1. The van der Waals surface area contributed by atoms with E-state index in [9.17, 15) is 5.11 Å². The molecule has 0 fully saturated rings. The molecule has 0 saturated carbocycles. The number of aliphatic hydroxyl groups excluding tert-OH is 1. The van der Waals surface area contributed by atoms with Gasteiger partial charge in [-0.15, -0.1) is 0 Å². The second-order valence-corrected chi connectivity index (χ2v) is 4.69. The number of aryl methyl sites for hydroxylation is 1. The zero-order valence-corrected chi connectivity index (χ0v) is 11.0. The third kappa shape index (κ3) is 2.74. The van der Waals surface area contributed by atoms with Crippen molar-refractivity contribution in [2.24, 2.45) is 7.05 Å². The maximum atomic E-state index is 10.3. The molecule has 3 nitrogen and oxygen atoms in total. The first-order chi connectivity index (χ1) is 8.58. The summed E-state index contributed by atoms with van der Waals surface area (Å²) >= 11 is 0. The second-order valence-electron chi connectivity index (χ2n) is 4.69. The van der Waals surface area contributed by atoms with Crippen molar-refractivity contribution in [2.75, 3.05) is 0 Å². The van der Waals surface area contributed by atoms with E-state index < -0.39 is 6.10 Å². The predicted octanol–water partition coefficient (Wildman–Crippen LogP) is 2.89. The summed E-state index contributed by atoms with van der Waals surface area (Å²) in [4.78, 5) is 0. The zero-order chi connectivity index (χ0) is 13.1. The lowest BCUT2D eigenvalue weighted by Gasteiger charge is -2.15. The highest BCUT2D eigenvalue weighted by Crippen LogP contribution is 2.25. The third-order valence-electron chi connectivity index (χ3n) is 2.81. The summed E-state index contributed by atoms with van der Waals surface area (Å²) < 4.78 is 7.55. The molecule has 0 amide bonds. The predicted molar refractivity (Wildman–Crippen MR) is 71.7 cm³/mol. The average Bonchev–Trinajstić information content (AvgIpc) is 2.74.